The van der Waals surface area contributed by atoms with Crippen LogP contribution in [0.3, 0.4) is 0 Å². The molecule has 1 aliphatic rings. The number of benzene rings is 2. The molecular weight excluding hydrogens is 276 g/mol. The first-order chi connectivity index (χ1) is 10.5. The summed E-state index contributed by atoms with van der Waals surface area (Å²) >= 11 is 0. The van der Waals surface area contributed by atoms with Gasteiger partial charge < -0.3 is 10.2 Å². The Hall–Kier alpha value is -2.62. The molecule has 0 aliphatic carbocycles. The maximum absolute atomic E-state index is 12.2. The van der Waals surface area contributed by atoms with E-state index in [1.165, 1.54) is 0 Å². The Morgan fingerprint density at radius 2 is 2.00 bits per heavy atom. The minimum absolute atomic E-state index is 0.0491. The van der Waals surface area contributed by atoms with Gasteiger partial charge in [0.2, 0.25) is 11.8 Å². The third-order valence-corrected chi connectivity index (χ3v) is 4.00. The summed E-state index contributed by atoms with van der Waals surface area (Å²) in [6.45, 7) is 1.96. The Labute approximate surface area is 129 Å². The third kappa shape index (κ3) is 2.72. The van der Waals surface area contributed by atoms with E-state index in [1.807, 2.05) is 49.4 Å². The fourth-order valence-electron chi connectivity index (χ4n) is 2.73. The lowest BCUT2D eigenvalue weighted by Gasteiger charge is -2.11. The zero-order valence-corrected chi connectivity index (χ0v) is 12.7. The minimum Gasteiger partial charge on any atom is -0.326 e. The van der Waals surface area contributed by atoms with Gasteiger partial charge in [-0.1, -0.05) is 30.3 Å². The smallest absolute Gasteiger partial charge is 0.231 e. The van der Waals surface area contributed by atoms with E-state index >= 15 is 0 Å². The Bertz CT molecular complexity index is 753. The van der Waals surface area contributed by atoms with Gasteiger partial charge in [0, 0.05) is 18.4 Å². The van der Waals surface area contributed by atoms with Crippen LogP contribution in [0, 0.1) is 6.92 Å². The number of fused-ring (bicyclic) bond motifs is 1. The summed E-state index contributed by atoms with van der Waals surface area (Å²) in [6.07, 6.45) is 0.721. The standard InChI is InChI=1S/C18H18N2O2/c1-12-5-3-4-6-15(12)19-17(21)10-13-7-8-16-14(9-13)11-18(22)20(16)2/h3-9H,10-11H2,1-2H3,(H,19,21). The van der Waals surface area contributed by atoms with Crippen molar-refractivity contribution in [2.45, 2.75) is 19.8 Å². The maximum Gasteiger partial charge on any atom is 0.231 e. The summed E-state index contributed by atoms with van der Waals surface area (Å²) in [5.74, 6) is 0.0449. The highest BCUT2D eigenvalue weighted by Gasteiger charge is 2.24. The highest BCUT2D eigenvalue weighted by Crippen LogP contribution is 2.28. The molecule has 0 bridgehead atoms. The van der Waals surface area contributed by atoms with Gasteiger partial charge in [-0.25, -0.2) is 0 Å². The topological polar surface area (TPSA) is 49.4 Å². The number of likely N-dealkylation sites (N-methyl/N-ethyl adjacent to an activating group) is 1. The van der Waals surface area contributed by atoms with Crippen LogP contribution < -0.4 is 10.2 Å². The SMILES string of the molecule is Cc1ccccc1NC(=O)Cc1ccc2c(c1)CC(=O)N2C. The van der Waals surface area contributed by atoms with Crippen molar-refractivity contribution >= 4 is 23.2 Å². The van der Waals surface area contributed by atoms with Crippen LogP contribution in [-0.4, -0.2) is 18.9 Å². The van der Waals surface area contributed by atoms with Crippen LogP contribution in [0.1, 0.15) is 16.7 Å². The summed E-state index contributed by atoms with van der Waals surface area (Å²) in [7, 11) is 1.78. The number of carbonyl (C=O) groups is 2. The van der Waals surface area contributed by atoms with Gasteiger partial charge in [-0.15, -0.1) is 0 Å². The highest BCUT2D eigenvalue weighted by atomic mass is 16.2. The van der Waals surface area contributed by atoms with Crippen LogP contribution >= 0.6 is 0 Å². The zero-order chi connectivity index (χ0) is 15.7. The minimum atomic E-state index is -0.0491. The molecule has 4 heteroatoms. The lowest BCUT2D eigenvalue weighted by atomic mass is 10.1. The largest absolute Gasteiger partial charge is 0.326 e. The lowest BCUT2D eigenvalue weighted by Crippen LogP contribution is -2.20. The summed E-state index contributed by atoms with van der Waals surface area (Å²) < 4.78 is 0. The third-order valence-electron chi connectivity index (χ3n) is 4.00. The van der Waals surface area contributed by atoms with Crippen LogP contribution in [0.5, 0.6) is 0 Å². The van der Waals surface area contributed by atoms with Crippen molar-refractivity contribution in [3.63, 3.8) is 0 Å². The van der Waals surface area contributed by atoms with E-state index in [9.17, 15) is 9.59 Å². The molecule has 1 heterocycles. The number of aryl methyl sites for hydroxylation is 1. The van der Waals surface area contributed by atoms with Crippen molar-refractivity contribution in [3.8, 4) is 0 Å². The Morgan fingerprint density at radius 3 is 2.77 bits per heavy atom. The first-order valence-electron chi connectivity index (χ1n) is 7.28. The van der Waals surface area contributed by atoms with E-state index in [2.05, 4.69) is 5.32 Å². The van der Waals surface area contributed by atoms with Crippen LogP contribution in [-0.2, 0) is 22.4 Å². The van der Waals surface area contributed by atoms with Gasteiger partial charge >= 0.3 is 0 Å². The monoisotopic (exact) mass is 294 g/mol. The summed E-state index contributed by atoms with van der Waals surface area (Å²) in [5, 5.41) is 2.93. The van der Waals surface area contributed by atoms with E-state index in [0.717, 1.165) is 28.1 Å². The number of amides is 2. The Balaban J connectivity index is 1.72. The molecule has 0 unspecified atom stereocenters. The van der Waals surface area contributed by atoms with E-state index in [4.69, 9.17) is 0 Å². The quantitative estimate of drug-likeness (QED) is 0.946. The molecule has 0 aromatic heterocycles. The number of carbonyl (C=O) groups excluding carboxylic acids is 2. The average molecular weight is 294 g/mol. The van der Waals surface area contributed by atoms with Crippen LogP contribution in [0.4, 0.5) is 11.4 Å². The van der Waals surface area contributed by atoms with E-state index in [1.54, 1.807) is 11.9 Å². The molecular formula is C18H18N2O2. The van der Waals surface area contributed by atoms with Gasteiger partial charge in [0.05, 0.1) is 12.8 Å². The van der Waals surface area contributed by atoms with Gasteiger partial charge in [0.15, 0.2) is 0 Å². The number of hydrogen-bond donors (Lipinski definition) is 1. The molecule has 112 valence electrons. The van der Waals surface area contributed by atoms with E-state index < -0.39 is 0 Å². The Kier molecular flexibility index (Phi) is 3.67. The first-order valence-corrected chi connectivity index (χ1v) is 7.28. The number of rotatable bonds is 3. The molecule has 1 N–H and O–H groups in total. The molecule has 0 fully saturated rings. The fourth-order valence-corrected chi connectivity index (χ4v) is 2.73. The van der Waals surface area contributed by atoms with Crippen molar-refractivity contribution < 1.29 is 9.59 Å². The van der Waals surface area contributed by atoms with Crippen molar-refractivity contribution in [1.82, 2.24) is 0 Å². The van der Waals surface area contributed by atoms with Gasteiger partial charge in [-0.3, -0.25) is 9.59 Å². The van der Waals surface area contributed by atoms with E-state index in [-0.39, 0.29) is 11.8 Å². The Morgan fingerprint density at radius 1 is 1.23 bits per heavy atom. The molecule has 3 rings (SSSR count). The molecule has 2 aromatic rings. The number of nitrogens with zero attached hydrogens (tertiary/aromatic N) is 1. The molecule has 0 spiro atoms. The van der Waals surface area contributed by atoms with Crippen molar-refractivity contribution in [3.05, 3.63) is 59.2 Å². The zero-order valence-electron chi connectivity index (χ0n) is 12.7. The van der Waals surface area contributed by atoms with Gasteiger partial charge in [0.1, 0.15) is 0 Å². The van der Waals surface area contributed by atoms with Crippen LogP contribution in [0.15, 0.2) is 42.5 Å². The normalized spacial score (nSPS) is 13.2. The fraction of sp³-hybridized carbons (Fsp3) is 0.222. The number of para-hydroxylation sites is 1. The van der Waals surface area contributed by atoms with Crippen LogP contribution in [0.25, 0.3) is 0 Å². The van der Waals surface area contributed by atoms with Crippen molar-refractivity contribution in [2.24, 2.45) is 0 Å². The molecule has 0 saturated carbocycles. The molecule has 2 aromatic carbocycles. The van der Waals surface area contributed by atoms with E-state index in [0.29, 0.717) is 12.8 Å². The molecule has 22 heavy (non-hydrogen) atoms. The molecule has 1 aliphatic heterocycles. The number of anilines is 2. The second kappa shape index (κ2) is 5.64. The van der Waals surface area contributed by atoms with Crippen LogP contribution in [0.2, 0.25) is 0 Å². The van der Waals surface area contributed by atoms with Crippen molar-refractivity contribution in [1.29, 1.82) is 0 Å². The molecule has 2 amide bonds. The summed E-state index contributed by atoms with van der Waals surface area (Å²) in [4.78, 5) is 25.5. The number of hydrogen-bond acceptors (Lipinski definition) is 2. The first kappa shape index (κ1) is 14.3. The van der Waals surface area contributed by atoms with Crippen molar-refractivity contribution in [2.75, 3.05) is 17.3 Å². The predicted octanol–water partition coefficient (Wildman–Crippen LogP) is 2.70. The maximum atomic E-state index is 12.2. The summed E-state index contributed by atoms with van der Waals surface area (Å²) in [5.41, 5.74) is 4.73. The molecule has 0 saturated heterocycles. The van der Waals surface area contributed by atoms with Gasteiger partial charge in [-0.05, 0) is 35.7 Å². The molecule has 4 nitrogen and oxygen atoms in total. The lowest BCUT2D eigenvalue weighted by molar-refractivity contribution is -0.117. The number of nitrogens with one attached hydrogen (secondary N) is 1. The molecule has 0 atom stereocenters. The molecule has 0 radical (unpaired) electrons. The van der Waals surface area contributed by atoms with Gasteiger partial charge in [0.25, 0.3) is 0 Å². The highest BCUT2D eigenvalue weighted by molar-refractivity contribution is 6.01. The second-order valence-corrected chi connectivity index (χ2v) is 5.63. The summed E-state index contributed by atoms with van der Waals surface area (Å²) in [6, 6.07) is 13.5. The average Bonchev–Trinajstić information content (AvgIpc) is 2.76. The predicted molar refractivity (Wildman–Crippen MR) is 87.1 cm³/mol. The second-order valence-electron chi connectivity index (χ2n) is 5.63. The van der Waals surface area contributed by atoms with Gasteiger partial charge in [-0.2, -0.15) is 0 Å².